The normalized spacial score (nSPS) is 18.9. The van der Waals surface area contributed by atoms with Crippen molar-refractivity contribution in [3.8, 4) is 10.6 Å². The molecule has 0 spiro atoms. The molecule has 7 nitrogen and oxygen atoms in total. The van der Waals surface area contributed by atoms with Crippen LogP contribution in [0.1, 0.15) is 35.1 Å². The van der Waals surface area contributed by atoms with Gasteiger partial charge in [-0.05, 0) is 38.8 Å². The van der Waals surface area contributed by atoms with Crippen LogP contribution in [0.2, 0.25) is 0 Å². The van der Waals surface area contributed by atoms with E-state index in [1.54, 1.807) is 11.3 Å². The van der Waals surface area contributed by atoms with Crippen molar-refractivity contribution in [2.75, 3.05) is 18.6 Å². The summed E-state index contributed by atoms with van der Waals surface area (Å²) >= 11 is 1.63. The second-order valence-corrected chi connectivity index (χ2v) is 10.7. The van der Waals surface area contributed by atoms with Crippen LogP contribution in [0, 0.1) is 13.8 Å². The zero-order valence-electron chi connectivity index (χ0n) is 16.3. The summed E-state index contributed by atoms with van der Waals surface area (Å²) in [5.74, 6) is 1.24. The molecule has 4 heterocycles. The number of aromatic nitrogens is 3. The predicted molar refractivity (Wildman–Crippen MR) is 109 cm³/mol. The highest BCUT2D eigenvalue weighted by atomic mass is 32.2. The summed E-state index contributed by atoms with van der Waals surface area (Å²) in [5, 5.41) is 10.9. The predicted octanol–water partition coefficient (Wildman–Crippen LogP) is 3.21. The lowest BCUT2D eigenvalue weighted by atomic mass is 10.1. The van der Waals surface area contributed by atoms with Gasteiger partial charge in [-0.2, -0.15) is 5.10 Å². The number of nitrogens with zero attached hydrogens (tertiary/aromatic N) is 4. The monoisotopic (exact) mass is 420 g/mol. The summed E-state index contributed by atoms with van der Waals surface area (Å²) in [6.07, 6.45) is 0.643. The van der Waals surface area contributed by atoms with Crippen LogP contribution in [0.5, 0.6) is 0 Å². The molecule has 1 saturated heterocycles. The molecule has 0 saturated carbocycles. The molecule has 3 aromatic heterocycles. The summed E-state index contributed by atoms with van der Waals surface area (Å²) in [4.78, 5) is 3.24. The van der Waals surface area contributed by atoms with E-state index in [0.29, 0.717) is 13.0 Å². The molecule has 0 N–H and O–H groups in total. The molecule has 28 heavy (non-hydrogen) atoms. The van der Waals surface area contributed by atoms with Crippen LogP contribution in [-0.2, 0) is 22.9 Å². The van der Waals surface area contributed by atoms with E-state index in [2.05, 4.69) is 15.2 Å². The van der Waals surface area contributed by atoms with E-state index in [1.165, 1.54) is 0 Å². The Balaban J connectivity index is 1.45. The lowest BCUT2D eigenvalue weighted by molar-refractivity contribution is 0.303. The van der Waals surface area contributed by atoms with Gasteiger partial charge in [0.2, 0.25) is 0 Å². The van der Waals surface area contributed by atoms with Crippen LogP contribution in [-0.4, -0.2) is 46.8 Å². The molecule has 150 valence electrons. The minimum atomic E-state index is -2.93. The summed E-state index contributed by atoms with van der Waals surface area (Å²) < 4.78 is 31.0. The largest absolute Gasteiger partial charge is 0.355 e. The molecule has 1 atom stereocenters. The van der Waals surface area contributed by atoms with Gasteiger partial charge in [0.1, 0.15) is 0 Å². The first kappa shape index (κ1) is 19.4. The van der Waals surface area contributed by atoms with Gasteiger partial charge in [0.05, 0.1) is 33.8 Å². The fourth-order valence-electron chi connectivity index (χ4n) is 3.77. The number of hydrogen-bond acceptors (Lipinski definition) is 7. The van der Waals surface area contributed by atoms with E-state index in [1.807, 2.05) is 49.2 Å². The highest BCUT2D eigenvalue weighted by Gasteiger charge is 2.31. The Labute approximate surface area is 168 Å². The van der Waals surface area contributed by atoms with Crippen LogP contribution in [0.15, 0.2) is 28.1 Å². The summed E-state index contributed by atoms with van der Waals surface area (Å²) in [6, 6.07) is 5.94. The standard InChI is InChI=1S/C19H24N4O3S2/c1-13-17(14(2)23(20-13)16-6-8-28(24,25)12-16)11-22(3)10-15-9-18(26-21-15)19-5-4-7-27-19/h4-5,7,9,16H,6,8,10-12H2,1-3H3/t16-/m0/s1. The SMILES string of the molecule is Cc1nn([C@H]2CCS(=O)(=O)C2)c(C)c1CN(C)Cc1cc(-c2cccs2)on1. The average molecular weight is 421 g/mol. The van der Waals surface area contributed by atoms with E-state index in [9.17, 15) is 8.42 Å². The first-order valence-corrected chi connectivity index (χ1v) is 12.0. The minimum absolute atomic E-state index is 0.0494. The second-order valence-electron chi connectivity index (χ2n) is 7.48. The van der Waals surface area contributed by atoms with Gasteiger partial charge in [-0.15, -0.1) is 11.3 Å². The van der Waals surface area contributed by atoms with Crippen molar-refractivity contribution in [3.63, 3.8) is 0 Å². The first-order valence-electron chi connectivity index (χ1n) is 9.25. The van der Waals surface area contributed by atoms with Gasteiger partial charge in [0, 0.05) is 30.4 Å². The van der Waals surface area contributed by atoms with E-state index < -0.39 is 9.84 Å². The molecule has 0 bridgehead atoms. The third kappa shape index (κ3) is 3.92. The highest BCUT2D eigenvalue weighted by molar-refractivity contribution is 7.91. The molecule has 9 heteroatoms. The Kier molecular flexibility index (Phi) is 5.15. The molecule has 0 radical (unpaired) electrons. The smallest absolute Gasteiger partial charge is 0.177 e. The Hall–Kier alpha value is -1.97. The Bertz CT molecular complexity index is 1070. The zero-order chi connectivity index (χ0) is 19.9. The molecular weight excluding hydrogens is 396 g/mol. The summed E-state index contributed by atoms with van der Waals surface area (Å²) in [7, 11) is -0.896. The van der Waals surface area contributed by atoms with Crippen molar-refractivity contribution >= 4 is 21.2 Å². The van der Waals surface area contributed by atoms with Gasteiger partial charge in [-0.3, -0.25) is 9.58 Å². The molecule has 4 rings (SSSR count). The first-order chi connectivity index (χ1) is 13.3. The van der Waals surface area contributed by atoms with Crippen molar-refractivity contribution in [1.29, 1.82) is 0 Å². The molecular formula is C19H24N4O3S2. The van der Waals surface area contributed by atoms with E-state index in [4.69, 9.17) is 4.52 Å². The molecule has 1 aliphatic heterocycles. The number of aryl methyl sites for hydroxylation is 1. The zero-order valence-corrected chi connectivity index (χ0v) is 17.9. The van der Waals surface area contributed by atoms with Crippen LogP contribution in [0.4, 0.5) is 0 Å². The van der Waals surface area contributed by atoms with Crippen molar-refractivity contribution < 1.29 is 12.9 Å². The average Bonchev–Trinajstić information content (AvgIpc) is 3.39. The Morgan fingerprint density at radius 1 is 1.36 bits per heavy atom. The van der Waals surface area contributed by atoms with Crippen molar-refractivity contribution in [2.45, 2.75) is 39.4 Å². The number of sulfone groups is 1. The third-order valence-corrected chi connectivity index (χ3v) is 7.85. The molecule has 3 aromatic rings. The molecule has 0 aromatic carbocycles. The topological polar surface area (TPSA) is 81.2 Å². The number of thiophene rings is 1. The van der Waals surface area contributed by atoms with Gasteiger partial charge in [-0.25, -0.2) is 8.42 Å². The van der Waals surface area contributed by atoms with Gasteiger partial charge in [-0.1, -0.05) is 11.2 Å². The molecule has 1 aliphatic rings. The van der Waals surface area contributed by atoms with E-state index in [0.717, 1.165) is 39.8 Å². The number of hydrogen-bond donors (Lipinski definition) is 0. The molecule has 0 aliphatic carbocycles. The van der Waals surface area contributed by atoms with Gasteiger partial charge >= 0.3 is 0 Å². The third-order valence-electron chi connectivity index (χ3n) is 5.21. The maximum Gasteiger partial charge on any atom is 0.177 e. The van der Waals surface area contributed by atoms with Crippen LogP contribution in [0.3, 0.4) is 0 Å². The Morgan fingerprint density at radius 2 is 2.18 bits per heavy atom. The van der Waals surface area contributed by atoms with Gasteiger partial charge in [0.15, 0.2) is 15.6 Å². The molecule has 0 unspecified atom stereocenters. The lowest BCUT2D eigenvalue weighted by Crippen LogP contribution is -2.19. The van der Waals surface area contributed by atoms with E-state index in [-0.39, 0.29) is 17.5 Å². The van der Waals surface area contributed by atoms with Gasteiger partial charge < -0.3 is 4.52 Å². The van der Waals surface area contributed by atoms with Crippen molar-refractivity contribution in [3.05, 3.63) is 46.2 Å². The molecule has 0 amide bonds. The fourth-order valence-corrected chi connectivity index (χ4v) is 6.14. The summed E-state index contributed by atoms with van der Waals surface area (Å²) in [6.45, 7) is 5.40. The Morgan fingerprint density at radius 3 is 2.86 bits per heavy atom. The lowest BCUT2D eigenvalue weighted by Gasteiger charge is -2.16. The molecule has 1 fully saturated rings. The maximum absolute atomic E-state index is 11.8. The van der Waals surface area contributed by atoms with Crippen LogP contribution < -0.4 is 0 Å². The van der Waals surface area contributed by atoms with Crippen molar-refractivity contribution in [1.82, 2.24) is 19.8 Å². The summed E-state index contributed by atoms with van der Waals surface area (Å²) in [5.41, 5.74) is 4.03. The number of rotatable bonds is 6. The highest BCUT2D eigenvalue weighted by Crippen LogP contribution is 2.28. The second kappa shape index (κ2) is 7.46. The quantitative estimate of drug-likeness (QED) is 0.609. The van der Waals surface area contributed by atoms with E-state index >= 15 is 0 Å². The fraction of sp³-hybridized carbons (Fsp3) is 0.474. The van der Waals surface area contributed by atoms with Gasteiger partial charge in [0.25, 0.3) is 0 Å². The van der Waals surface area contributed by atoms with Crippen LogP contribution >= 0.6 is 11.3 Å². The van der Waals surface area contributed by atoms with Crippen LogP contribution in [0.25, 0.3) is 10.6 Å². The minimum Gasteiger partial charge on any atom is -0.355 e. The van der Waals surface area contributed by atoms with Crippen molar-refractivity contribution in [2.24, 2.45) is 0 Å². The maximum atomic E-state index is 11.8.